The summed E-state index contributed by atoms with van der Waals surface area (Å²) in [6.07, 6.45) is 0. The van der Waals surface area contributed by atoms with Gasteiger partial charge >= 0.3 is 0 Å². The molecule has 4 nitrogen and oxygen atoms in total. The standard InChI is InChI=1S/C60H37N3O/c1-2-17-38(18-3-1)61-52-29-12-9-25-49(52)58-53(61)30-16-31-54(58)63-51-28-11-8-23-45(51)47-26-14-32-55(59(47)63)62(56-33-15-27-48-46-24-10-13-34-57(46)64-60(48)56)39-35-36-44-42-21-5-4-19-40(42)41-20-6-7-22-43(41)50(44)37-39/h1-37H. The van der Waals surface area contributed by atoms with E-state index in [0.717, 1.165) is 66.9 Å². The van der Waals surface area contributed by atoms with E-state index < -0.39 is 0 Å². The SMILES string of the molecule is c1ccc(-n2c3ccccc3c3c(-n4c5ccccc5c5cccc(N(c6ccc7c8ccccc8c8ccccc8c7c6)c6cccc7c6oc6ccccc67)c54)cccc32)cc1. The summed E-state index contributed by atoms with van der Waals surface area (Å²) in [5, 5.41) is 14.4. The van der Waals surface area contributed by atoms with Gasteiger partial charge in [-0.3, -0.25) is 0 Å². The molecule has 64 heavy (non-hydrogen) atoms. The van der Waals surface area contributed by atoms with Gasteiger partial charge in [0.15, 0.2) is 5.58 Å². The summed E-state index contributed by atoms with van der Waals surface area (Å²) in [4.78, 5) is 2.44. The van der Waals surface area contributed by atoms with E-state index in [9.17, 15) is 0 Å². The van der Waals surface area contributed by atoms with E-state index in [1.54, 1.807) is 0 Å². The van der Waals surface area contributed by atoms with Crippen molar-refractivity contribution in [1.82, 2.24) is 9.13 Å². The van der Waals surface area contributed by atoms with Crippen LogP contribution in [0.15, 0.2) is 229 Å². The lowest BCUT2D eigenvalue weighted by Gasteiger charge is -2.28. The zero-order valence-corrected chi connectivity index (χ0v) is 34.6. The van der Waals surface area contributed by atoms with Crippen LogP contribution in [0.5, 0.6) is 0 Å². The largest absolute Gasteiger partial charge is 0.454 e. The van der Waals surface area contributed by atoms with E-state index in [1.807, 2.05) is 0 Å². The first kappa shape index (κ1) is 35.0. The maximum Gasteiger partial charge on any atom is 0.159 e. The van der Waals surface area contributed by atoms with Crippen molar-refractivity contribution in [2.45, 2.75) is 0 Å². The van der Waals surface area contributed by atoms with Gasteiger partial charge in [-0.1, -0.05) is 158 Å². The highest BCUT2D eigenvalue weighted by Crippen LogP contribution is 2.49. The maximum absolute atomic E-state index is 6.91. The lowest BCUT2D eigenvalue weighted by molar-refractivity contribution is 0.669. The van der Waals surface area contributed by atoms with E-state index in [0.29, 0.717) is 0 Å². The monoisotopic (exact) mass is 815 g/mol. The number of benzene rings is 11. The summed E-state index contributed by atoms with van der Waals surface area (Å²) in [6.45, 7) is 0. The number of para-hydroxylation sites is 6. The van der Waals surface area contributed by atoms with Crippen LogP contribution in [0.4, 0.5) is 17.1 Å². The van der Waals surface area contributed by atoms with E-state index >= 15 is 0 Å². The number of aromatic nitrogens is 2. The number of nitrogens with zero attached hydrogens (tertiary/aromatic N) is 3. The van der Waals surface area contributed by atoms with Crippen LogP contribution < -0.4 is 4.90 Å². The minimum absolute atomic E-state index is 0.847. The zero-order valence-electron chi connectivity index (χ0n) is 34.6. The predicted molar refractivity (Wildman–Crippen MR) is 270 cm³/mol. The number of hydrogen-bond acceptors (Lipinski definition) is 2. The molecule has 0 fully saturated rings. The molecule has 3 heterocycles. The third-order valence-electron chi connectivity index (χ3n) is 13.5. The van der Waals surface area contributed by atoms with Crippen LogP contribution in [0.3, 0.4) is 0 Å². The van der Waals surface area contributed by atoms with Gasteiger partial charge in [0.05, 0.1) is 39.1 Å². The summed E-state index contributed by atoms with van der Waals surface area (Å²) in [7, 11) is 0. The Labute approximate surface area is 367 Å². The Morgan fingerprint density at radius 3 is 1.61 bits per heavy atom. The molecule has 0 aliphatic rings. The molecule has 3 aromatic heterocycles. The molecule has 0 N–H and O–H groups in total. The van der Waals surface area contributed by atoms with Crippen LogP contribution >= 0.6 is 0 Å². The summed E-state index contributed by atoms with van der Waals surface area (Å²) in [5.74, 6) is 0. The van der Waals surface area contributed by atoms with Crippen molar-refractivity contribution in [3.63, 3.8) is 0 Å². The van der Waals surface area contributed by atoms with Crippen LogP contribution in [-0.2, 0) is 0 Å². The first-order chi connectivity index (χ1) is 31.8. The minimum atomic E-state index is 0.847. The second-order valence-electron chi connectivity index (χ2n) is 16.8. The van der Waals surface area contributed by atoms with E-state index in [1.165, 1.54) is 59.4 Å². The molecule has 0 saturated heterocycles. The Bertz CT molecular complexity index is 4170. The maximum atomic E-state index is 6.91. The molecule has 0 aliphatic carbocycles. The second kappa shape index (κ2) is 13.4. The second-order valence-corrected chi connectivity index (χ2v) is 16.8. The fourth-order valence-electron chi connectivity index (χ4n) is 10.8. The number of fused-ring (bicyclic) bond motifs is 15. The summed E-state index contributed by atoms with van der Waals surface area (Å²) in [6, 6.07) is 81.5. The van der Waals surface area contributed by atoms with Gasteiger partial charge in [-0.05, 0) is 99.0 Å². The number of anilines is 3. The van der Waals surface area contributed by atoms with Crippen LogP contribution in [0.25, 0.3) is 109 Å². The molecule has 0 amide bonds. The summed E-state index contributed by atoms with van der Waals surface area (Å²) >= 11 is 0. The van der Waals surface area contributed by atoms with Crippen LogP contribution in [0.2, 0.25) is 0 Å². The van der Waals surface area contributed by atoms with E-state index in [4.69, 9.17) is 4.42 Å². The van der Waals surface area contributed by atoms with Gasteiger partial charge < -0.3 is 18.5 Å². The third kappa shape index (κ3) is 4.88. The molecule has 0 radical (unpaired) electrons. The quantitative estimate of drug-likeness (QED) is 0.162. The Morgan fingerprint density at radius 2 is 0.859 bits per heavy atom. The van der Waals surface area contributed by atoms with Crippen molar-refractivity contribution in [2.75, 3.05) is 4.90 Å². The molecular formula is C60H37N3O. The average molecular weight is 816 g/mol. The van der Waals surface area contributed by atoms with E-state index in [2.05, 4.69) is 238 Å². The fraction of sp³-hybridized carbons (Fsp3) is 0. The molecule has 14 aromatic rings. The molecular weight excluding hydrogens is 779 g/mol. The first-order valence-electron chi connectivity index (χ1n) is 21.9. The molecule has 14 rings (SSSR count). The highest BCUT2D eigenvalue weighted by molar-refractivity contribution is 6.26. The van der Waals surface area contributed by atoms with Gasteiger partial charge in [0, 0.05) is 43.7 Å². The molecule has 4 heteroatoms. The fourth-order valence-corrected chi connectivity index (χ4v) is 10.8. The molecule has 0 spiro atoms. The van der Waals surface area contributed by atoms with Crippen molar-refractivity contribution in [3.05, 3.63) is 224 Å². The highest BCUT2D eigenvalue weighted by atomic mass is 16.3. The van der Waals surface area contributed by atoms with Crippen molar-refractivity contribution < 1.29 is 4.42 Å². The Balaban J connectivity index is 1.13. The van der Waals surface area contributed by atoms with Gasteiger partial charge in [-0.2, -0.15) is 0 Å². The Hall–Kier alpha value is -8.60. The van der Waals surface area contributed by atoms with Gasteiger partial charge in [-0.25, -0.2) is 0 Å². The van der Waals surface area contributed by atoms with Crippen molar-refractivity contribution in [3.8, 4) is 11.4 Å². The third-order valence-corrected chi connectivity index (χ3v) is 13.5. The van der Waals surface area contributed by atoms with E-state index in [-0.39, 0.29) is 0 Å². The normalized spacial score (nSPS) is 12.1. The van der Waals surface area contributed by atoms with Crippen LogP contribution in [0, 0.1) is 0 Å². The molecule has 11 aromatic carbocycles. The van der Waals surface area contributed by atoms with Crippen molar-refractivity contribution in [1.29, 1.82) is 0 Å². The number of rotatable bonds is 5. The number of furan rings is 1. The molecule has 0 bridgehead atoms. The molecule has 298 valence electrons. The first-order valence-corrected chi connectivity index (χ1v) is 21.9. The molecule has 0 saturated carbocycles. The predicted octanol–water partition coefficient (Wildman–Crippen LogP) is 16.7. The Kier molecular flexibility index (Phi) is 7.36. The Morgan fingerprint density at radius 1 is 0.328 bits per heavy atom. The van der Waals surface area contributed by atoms with Gasteiger partial charge in [-0.15, -0.1) is 0 Å². The van der Waals surface area contributed by atoms with Crippen LogP contribution in [0.1, 0.15) is 0 Å². The zero-order chi connectivity index (χ0) is 41.9. The topological polar surface area (TPSA) is 26.2 Å². The highest BCUT2D eigenvalue weighted by Gasteiger charge is 2.26. The number of hydrogen-bond donors (Lipinski definition) is 0. The van der Waals surface area contributed by atoms with Gasteiger partial charge in [0.2, 0.25) is 0 Å². The van der Waals surface area contributed by atoms with Gasteiger partial charge in [0.25, 0.3) is 0 Å². The molecule has 0 unspecified atom stereocenters. The molecule has 0 aliphatic heterocycles. The average Bonchev–Trinajstić information content (AvgIpc) is 4.03. The lowest BCUT2D eigenvalue weighted by atomic mass is 9.94. The summed E-state index contributed by atoms with van der Waals surface area (Å²) in [5.41, 5.74) is 11.6. The van der Waals surface area contributed by atoms with Crippen molar-refractivity contribution in [2.24, 2.45) is 0 Å². The van der Waals surface area contributed by atoms with Crippen LogP contribution in [-0.4, -0.2) is 9.13 Å². The summed E-state index contributed by atoms with van der Waals surface area (Å²) < 4.78 is 11.8. The lowest BCUT2D eigenvalue weighted by Crippen LogP contribution is -2.12. The van der Waals surface area contributed by atoms with Crippen molar-refractivity contribution >= 4 is 115 Å². The smallest absolute Gasteiger partial charge is 0.159 e. The van der Waals surface area contributed by atoms with Gasteiger partial charge in [0.1, 0.15) is 5.58 Å². The molecule has 0 atom stereocenters. The minimum Gasteiger partial charge on any atom is -0.454 e.